The Morgan fingerprint density at radius 3 is 3.03 bits per heavy atom. The van der Waals surface area contributed by atoms with Crippen LogP contribution < -0.4 is 10.9 Å². The van der Waals surface area contributed by atoms with Gasteiger partial charge >= 0.3 is 0 Å². The van der Waals surface area contributed by atoms with Crippen LogP contribution in [0.15, 0.2) is 29.3 Å². The summed E-state index contributed by atoms with van der Waals surface area (Å²) >= 11 is 7.71. The molecule has 0 saturated carbocycles. The lowest BCUT2D eigenvalue weighted by molar-refractivity contribution is -0.122. The van der Waals surface area contributed by atoms with E-state index in [1.54, 1.807) is 22.2 Å². The summed E-state index contributed by atoms with van der Waals surface area (Å²) < 4.78 is 1.59. The number of benzene rings is 1. The quantitative estimate of drug-likeness (QED) is 0.679. The molecule has 1 atom stereocenters. The molecular formula is C22H22ClN3O2S. The standard InChI is InChI=1S/C22H22ClN3O2S/c23-14-6-7-15-13(11-14)5-8-17(15)25-19(27)9-10-26-12-24-21-20(22(26)28)16-3-1-2-4-18(16)29-21/h6-7,11-12,17H,1-5,8-10H2,(H,25,27). The van der Waals surface area contributed by atoms with E-state index in [2.05, 4.69) is 10.3 Å². The van der Waals surface area contributed by atoms with E-state index in [1.165, 1.54) is 22.4 Å². The van der Waals surface area contributed by atoms with E-state index >= 15 is 0 Å². The van der Waals surface area contributed by atoms with Gasteiger partial charge in [0, 0.05) is 22.9 Å². The van der Waals surface area contributed by atoms with Gasteiger partial charge in [-0.1, -0.05) is 17.7 Å². The first-order valence-corrected chi connectivity index (χ1v) is 11.4. The Labute approximate surface area is 177 Å². The van der Waals surface area contributed by atoms with Crippen molar-refractivity contribution in [3.8, 4) is 0 Å². The van der Waals surface area contributed by atoms with Crippen molar-refractivity contribution in [1.82, 2.24) is 14.9 Å². The zero-order chi connectivity index (χ0) is 20.0. The zero-order valence-electron chi connectivity index (χ0n) is 16.0. The van der Waals surface area contributed by atoms with Crippen LogP contribution >= 0.6 is 22.9 Å². The highest BCUT2D eigenvalue weighted by Gasteiger charge is 2.24. The highest BCUT2D eigenvalue weighted by Crippen LogP contribution is 2.34. The van der Waals surface area contributed by atoms with Gasteiger partial charge in [0.2, 0.25) is 5.91 Å². The third-order valence-electron chi connectivity index (χ3n) is 6.04. The predicted molar refractivity (Wildman–Crippen MR) is 116 cm³/mol. The number of rotatable bonds is 4. The minimum atomic E-state index is -0.0443. The van der Waals surface area contributed by atoms with Crippen LogP contribution in [0.2, 0.25) is 5.02 Å². The van der Waals surface area contributed by atoms with Crippen molar-refractivity contribution in [3.63, 3.8) is 0 Å². The van der Waals surface area contributed by atoms with Gasteiger partial charge in [0.15, 0.2) is 0 Å². The molecule has 0 bridgehead atoms. The van der Waals surface area contributed by atoms with E-state index in [1.807, 2.05) is 18.2 Å². The molecule has 0 saturated heterocycles. The summed E-state index contributed by atoms with van der Waals surface area (Å²) in [5.41, 5.74) is 3.53. The second-order valence-corrected chi connectivity index (χ2v) is 9.41. The molecule has 2 aliphatic rings. The SMILES string of the molecule is O=C(CCn1cnc2sc3c(c2c1=O)CCCC3)NC1CCc2cc(Cl)ccc21. The van der Waals surface area contributed by atoms with Crippen molar-refractivity contribution in [3.05, 3.63) is 61.5 Å². The van der Waals surface area contributed by atoms with E-state index in [9.17, 15) is 9.59 Å². The Morgan fingerprint density at radius 1 is 1.28 bits per heavy atom. The van der Waals surface area contributed by atoms with E-state index in [4.69, 9.17) is 11.6 Å². The van der Waals surface area contributed by atoms with Gasteiger partial charge in [0.25, 0.3) is 5.56 Å². The number of aromatic nitrogens is 2. The average Bonchev–Trinajstić information content (AvgIpc) is 3.28. The summed E-state index contributed by atoms with van der Waals surface area (Å²) in [7, 11) is 0. The molecule has 7 heteroatoms. The fourth-order valence-corrected chi connectivity index (χ4v) is 5.98. The van der Waals surface area contributed by atoms with Gasteiger partial charge in [-0.3, -0.25) is 14.2 Å². The van der Waals surface area contributed by atoms with Gasteiger partial charge in [-0.15, -0.1) is 11.3 Å². The van der Waals surface area contributed by atoms with Gasteiger partial charge in [-0.25, -0.2) is 4.98 Å². The van der Waals surface area contributed by atoms with Crippen LogP contribution in [0, 0.1) is 0 Å². The predicted octanol–water partition coefficient (Wildman–Crippen LogP) is 4.18. The Balaban J connectivity index is 1.29. The Kier molecular flexibility index (Phi) is 4.92. The Hall–Kier alpha value is -2.18. The fourth-order valence-electron chi connectivity index (χ4n) is 4.56. The van der Waals surface area contributed by atoms with Crippen LogP contribution in [0.4, 0.5) is 0 Å². The summed E-state index contributed by atoms with van der Waals surface area (Å²) in [6, 6.07) is 5.87. The van der Waals surface area contributed by atoms with Crippen molar-refractivity contribution in [2.45, 2.75) is 57.5 Å². The molecule has 150 valence electrons. The lowest BCUT2D eigenvalue weighted by atomic mass is 9.97. The van der Waals surface area contributed by atoms with Gasteiger partial charge in [-0.05, 0) is 67.3 Å². The molecular weight excluding hydrogens is 406 g/mol. The number of amides is 1. The number of carbonyl (C=O) groups excluding carboxylic acids is 1. The monoisotopic (exact) mass is 427 g/mol. The Morgan fingerprint density at radius 2 is 2.14 bits per heavy atom. The fraction of sp³-hybridized carbons (Fsp3) is 0.409. The third kappa shape index (κ3) is 3.49. The van der Waals surface area contributed by atoms with E-state index in [-0.39, 0.29) is 23.9 Å². The maximum atomic E-state index is 13.0. The minimum absolute atomic E-state index is 0.0111. The minimum Gasteiger partial charge on any atom is -0.349 e. The van der Waals surface area contributed by atoms with Gasteiger partial charge < -0.3 is 5.32 Å². The van der Waals surface area contributed by atoms with Crippen molar-refractivity contribution >= 4 is 39.1 Å². The normalized spacial score (nSPS) is 17.9. The number of aryl methyl sites for hydroxylation is 4. The maximum Gasteiger partial charge on any atom is 0.262 e. The maximum absolute atomic E-state index is 13.0. The van der Waals surface area contributed by atoms with Crippen molar-refractivity contribution in [2.75, 3.05) is 0 Å². The van der Waals surface area contributed by atoms with Crippen LogP contribution in [0.25, 0.3) is 10.2 Å². The molecule has 0 fully saturated rings. The first-order valence-electron chi connectivity index (χ1n) is 10.2. The molecule has 2 aliphatic carbocycles. The number of halogens is 1. The highest BCUT2D eigenvalue weighted by molar-refractivity contribution is 7.18. The topological polar surface area (TPSA) is 64.0 Å². The largest absolute Gasteiger partial charge is 0.349 e. The molecule has 0 aliphatic heterocycles. The molecule has 0 radical (unpaired) electrons. The molecule has 0 spiro atoms. The van der Waals surface area contributed by atoms with Crippen molar-refractivity contribution < 1.29 is 4.79 Å². The average molecular weight is 428 g/mol. The lowest BCUT2D eigenvalue weighted by Crippen LogP contribution is -2.30. The highest BCUT2D eigenvalue weighted by atomic mass is 35.5. The van der Waals surface area contributed by atoms with Crippen LogP contribution in [0.1, 0.15) is 53.3 Å². The zero-order valence-corrected chi connectivity index (χ0v) is 17.6. The van der Waals surface area contributed by atoms with Crippen molar-refractivity contribution in [2.24, 2.45) is 0 Å². The number of hydrogen-bond donors (Lipinski definition) is 1. The molecule has 2 heterocycles. The first kappa shape index (κ1) is 18.8. The molecule has 1 aromatic carbocycles. The van der Waals surface area contributed by atoms with Gasteiger partial charge in [0.1, 0.15) is 4.83 Å². The van der Waals surface area contributed by atoms with E-state index in [0.29, 0.717) is 6.54 Å². The van der Waals surface area contributed by atoms with Crippen LogP contribution in [-0.4, -0.2) is 15.5 Å². The molecule has 29 heavy (non-hydrogen) atoms. The number of nitrogens with zero attached hydrogens (tertiary/aromatic N) is 2. The Bertz CT molecular complexity index is 1170. The van der Waals surface area contributed by atoms with Crippen LogP contribution in [-0.2, 0) is 30.6 Å². The molecule has 5 rings (SSSR count). The molecule has 1 unspecified atom stereocenters. The molecule has 3 aromatic rings. The first-order chi connectivity index (χ1) is 14.1. The lowest BCUT2D eigenvalue weighted by Gasteiger charge is -2.15. The third-order valence-corrected chi connectivity index (χ3v) is 7.47. The summed E-state index contributed by atoms with van der Waals surface area (Å²) in [4.78, 5) is 32.2. The van der Waals surface area contributed by atoms with Crippen LogP contribution in [0.3, 0.4) is 0 Å². The van der Waals surface area contributed by atoms with Gasteiger partial charge in [-0.2, -0.15) is 0 Å². The summed E-state index contributed by atoms with van der Waals surface area (Å²) in [6.07, 6.45) is 7.98. The van der Waals surface area contributed by atoms with E-state index < -0.39 is 0 Å². The molecule has 1 amide bonds. The smallest absolute Gasteiger partial charge is 0.262 e. The summed E-state index contributed by atoms with van der Waals surface area (Å²) in [5, 5.41) is 4.61. The summed E-state index contributed by atoms with van der Waals surface area (Å²) in [6.45, 7) is 0.346. The molecule has 1 N–H and O–H groups in total. The van der Waals surface area contributed by atoms with Crippen molar-refractivity contribution in [1.29, 1.82) is 0 Å². The molecule has 2 aromatic heterocycles. The van der Waals surface area contributed by atoms with E-state index in [0.717, 1.165) is 52.9 Å². The number of nitrogens with one attached hydrogen (secondary N) is 1. The number of thiophene rings is 1. The van der Waals surface area contributed by atoms with Crippen LogP contribution in [0.5, 0.6) is 0 Å². The summed E-state index contributed by atoms with van der Waals surface area (Å²) in [5.74, 6) is -0.0443. The molecule has 5 nitrogen and oxygen atoms in total. The second kappa shape index (κ2) is 7.58. The number of fused-ring (bicyclic) bond motifs is 4. The number of hydrogen-bond acceptors (Lipinski definition) is 4. The second-order valence-electron chi connectivity index (χ2n) is 7.89. The number of carbonyl (C=O) groups is 1. The van der Waals surface area contributed by atoms with Gasteiger partial charge in [0.05, 0.1) is 17.8 Å².